The molecule has 0 aliphatic carbocycles. The van der Waals surface area contributed by atoms with Crippen molar-refractivity contribution in [2.75, 3.05) is 13.7 Å². The highest BCUT2D eigenvalue weighted by atomic mass is 16.5. The number of hydrogen-bond acceptors (Lipinski definition) is 4. The molecule has 0 spiro atoms. The molecule has 0 aliphatic heterocycles. The second kappa shape index (κ2) is 10.4. The molecule has 0 saturated heterocycles. The number of carbonyl (C=O) groups is 2. The maximum Gasteiger partial charge on any atom is 0.314 e. The van der Waals surface area contributed by atoms with E-state index in [4.69, 9.17) is 9.47 Å². The number of nitrogens with one attached hydrogen (secondary N) is 1. The third kappa shape index (κ3) is 5.84. The van der Waals surface area contributed by atoms with Crippen LogP contribution in [-0.4, -0.2) is 25.6 Å². The maximum absolute atomic E-state index is 12.6. The van der Waals surface area contributed by atoms with Crippen LogP contribution in [0.25, 0.3) is 0 Å². The number of amides is 1. The zero-order valence-electron chi connectivity index (χ0n) is 16.1. The van der Waals surface area contributed by atoms with Crippen LogP contribution >= 0.6 is 0 Å². The summed E-state index contributed by atoms with van der Waals surface area (Å²) in [5, 5.41) is 2.75. The van der Waals surface area contributed by atoms with Gasteiger partial charge < -0.3 is 14.8 Å². The summed E-state index contributed by atoms with van der Waals surface area (Å²) in [6.45, 7) is 4.07. The zero-order valence-corrected chi connectivity index (χ0v) is 16.1. The van der Waals surface area contributed by atoms with Crippen molar-refractivity contribution < 1.29 is 19.1 Å². The zero-order chi connectivity index (χ0) is 19.6. The van der Waals surface area contributed by atoms with Gasteiger partial charge in [0, 0.05) is 12.1 Å². The predicted octanol–water partition coefficient (Wildman–Crippen LogP) is 3.68. The van der Waals surface area contributed by atoms with Crippen molar-refractivity contribution in [1.29, 1.82) is 0 Å². The molecule has 0 bridgehead atoms. The lowest BCUT2D eigenvalue weighted by Gasteiger charge is -2.21. The summed E-state index contributed by atoms with van der Waals surface area (Å²) in [6.07, 6.45) is 0.842. The van der Waals surface area contributed by atoms with Gasteiger partial charge >= 0.3 is 5.97 Å². The van der Waals surface area contributed by atoms with E-state index in [2.05, 4.69) is 5.32 Å². The highest BCUT2D eigenvalue weighted by molar-refractivity contribution is 5.83. The lowest BCUT2D eigenvalue weighted by Crippen LogP contribution is -2.31. The van der Waals surface area contributed by atoms with Crippen LogP contribution in [0, 0.1) is 5.92 Å². The molecule has 0 radical (unpaired) electrons. The summed E-state index contributed by atoms with van der Waals surface area (Å²) in [5.74, 6) is -0.265. The smallest absolute Gasteiger partial charge is 0.314 e. The van der Waals surface area contributed by atoms with Gasteiger partial charge in [0.2, 0.25) is 0 Å². The van der Waals surface area contributed by atoms with Crippen molar-refractivity contribution in [3.8, 4) is 5.75 Å². The van der Waals surface area contributed by atoms with E-state index in [0.717, 1.165) is 17.5 Å². The molecular formula is C22H27NO4. The topological polar surface area (TPSA) is 64.6 Å². The SMILES string of the molecule is CC[C@@H](C)[C@H](C(=O)OCC(=O)NCc1ccccc1OC)c1ccccc1. The first-order valence-corrected chi connectivity index (χ1v) is 9.17. The molecule has 1 amide bonds. The number of ether oxygens (including phenoxy) is 2. The first-order valence-electron chi connectivity index (χ1n) is 9.17. The van der Waals surface area contributed by atoms with E-state index >= 15 is 0 Å². The maximum atomic E-state index is 12.6. The minimum Gasteiger partial charge on any atom is -0.496 e. The third-order valence-electron chi connectivity index (χ3n) is 4.64. The van der Waals surface area contributed by atoms with Crippen molar-refractivity contribution in [3.05, 3.63) is 65.7 Å². The number of carbonyl (C=O) groups excluding carboxylic acids is 2. The molecule has 2 aromatic rings. The highest BCUT2D eigenvalue weighted by Gasteiger charge is 2.27. The van der Waals surface area contributed by atoms with Crippen LogP contribution in [0.1, 0.15) is 37.3 Å². The lowest BCUT2D eigenvalue weighted by molar-refractivity contribution is -0.151. The van der Waals surface area contributed by atoms with Gasteiger partial charge in [-0.1, -0.05) is 68.8 Å². The number of rotatable bonds is 9. The Balaban J connectivity index is 1.91. The van der Waals surface area contributed by atoms with E-state index in [1.807, 2.05) is 68.4 Å². The lowest BCUT2D eigenvalue weighted by atomic mass is 9.86. The van der Waals surface area contributed by atoms with E-state index in [0.29, 0.717) is 12.3 Å². The Morgan fingerprint density at radius 1 is 1.04 bits per heavy atom. The third-order valence-corrected chi connectivity index (χ3v) is 4.64. The van der Waals surface area contributed by atoms with Crippen LogP contribution in [0.3, 0.4) is 0 Å². The van der Waals surface area contributed by atoms with E-state index in [-0.39, 0.29) is 30.3 Å². The molecule has 0 unspecified atom stereocenters. The van der Waals surface area contributed by atoms with Gasteiger partial charge in [-0.3, -0.25) is 9.59 Å². The average Bonchev–Trinajstić information content (AvgIpc) is 2.71. The van der Waals surface area contributed by atoms with Gasteiger partial charge in [-0.05, 0) is 17.5 Å². The second-order valence-corrected chi connectivity index (χ2v) is 6.47. The summed E-state index contributed by atoms with van der Waals surface area (Å²) in [6, 6.07) is 17.0. The van der Waals surface area contributed by atoms with E-state index in [1.54, 1.807) is 7.11 Å². The molecule has 5 nitrogen and oxygen atoms in total. The molecule has 0 aliphatic rings. The number of para-hydroxylation sites is 1. The number of esters is 1. The largest absolute Gasteiger partial charge is 0.496 e. The number of hydrogen-bond donors (Lipinski definition) is 1. The molecule has 1 N–H and O–H groups in total. The van der Waals surface area contributed by atoms with Crippen molar-refractivity contribution in [2.24, 2.45) is 5.92 Å². The predicted molar refractivity (Wildman–Crippen MR) is 104 cm³/mol. The summed E-state index contributed by atoms with van der Waals surface area (Å²) in [5.41, 5.74) is 1.77. The van der Waals surface area contributed by atoms with Gasteiger partial charge in [-0.25, -0.2) is 0 Å². The monoisotopic (exact) mass is 369 g/mol. The van der Waals surface area contributed by atoms with Gasteiger partial charge in [0.15, 0.2) is 6.61 Å². The fourth-order valence-corrected chi connectivity index (χ4v) is 2.91. The first-order chi connectivity index (χ1) is 13.1. The van der Waals surface area contributed by atoms with Crippen LogP contribution < -0.4 is 10.1 Å². The molecule has 0 aromatic heterocycles. The Morgan fingerprint density at radius 2 is 1.70 bits per heavy atom. The summed E-state index contributed by atoms with van der Waals surface area (Å²) in [4.78, 5) is 24.7. The van der Waals surface area contributed by atoms with Gasteiger partial charge in [-0.15, -0.1) is 0 Å². The molecule has 0 heterocycles. The Hall–Kier alpha value is -2.82. The molecule has 5 heteroatoms. The van der Waals surface area contributed by atoms with Crippen molar-refractivity contribution >= 4 is 11.9 Å². The van der Waals surface area contributed by atoms with Gasteiger partial charge in [0.05, 0.1) is 13.0 Å². The van der Waals surface area contributed by atoms with Gasteiger partial charge in [0.25, 0.3) is 5.91 Å². The Labute approximate surface area is 160 Å². The standard InChI is InChI=1S/C22H27NO4/c1-4-16(2)21(17-10-6-5-7-11-17)22(25)27-15-20(24)23-14-18-12-8-9-13-19(18)26-3/h5-13,16,21H,4,14-15H2,1-3H3,(H,23,24)/t16-,21+/m1/s1. The quantitative estimate of drug-likeness (QED) is 0.685. The van der Waals surface area contributed by atoms with Crippen LogP contribution in [0.15, 0.2) is 54.6 Å². The van der Waals surface area contributed by atoms with Crippen molar-refractivity contribution in [1.82, 2.24) is 5.32 Å². The molecule has 2 atom stereocenters. The highest BCUT2D eigenvalue weighted by Crippen LogP contribution is 2.28. The number of methoxy groups -OCH3 is 1. The minimum atomic E-state index is -0.377. The summed E-state index contributed by atoms with van der Waals surface area (Å²) < 4.78 is 10.6. The van der Waals surface area contributed by atoms with E-state index < -0.39 is 0 Å². The summed E-state index contributed by atoms with van der Waals surface area (Å²) in [7, 11) is 1.58. The molecule has 0 fully saturated rings. The fraction of sp³-hybridized carbons (Fsp3) is 0.364. The van der Waals surface area contributed by atoms with Gasteiger partial charge in [0.1, 0.15) is 5.75 Å². The van der Waals surface area contributed by atoms with Crippen molar-refractivity contribution in [3.63, 3.8) is 0 Å². The fourth-order valence-electron chi connectivity index (χ4n) is 2.91. The van der Waals surface area contributed by atoms with Crippen LogP contribution in [0.5, 0.6) is 5.75 Å². The van der Waals surface area contributed by atoms with Crippen molar-refractivity contribution in [2.45, 2.75) is 32.7 Å². The molecule has 27 heavy (non-hydrogen) atoms. The molecule has 2 rings (SSSR count). The Kier molecular flexibility index (Phi) is 7.86. The molecular weight excluding hydrogens is 342 g/mol. The van der Waals surface area contributed by atoms with Crippen LogP contribution in [-0.2, 0) is 20.9 Å². The Morgan fingerprint density at radius 3 is 2.37 bits per heavy atom. The minimum absolute atomic E-state index is 0.122. The molecule has 144 valence electrons. The normalized spacial score (nSPS) is 12.7. The van der Waals surface area contributed by atoms with E-state index in [9.17, 15) is 9.59 Å². The van der Waals surface area contributed by atoms with Crippen LogP contribution in [0.2, 0.25) is 0 Å². The second-order valence-electron chi connectivity index (χ2n) is 6.47. The van der Waals surface area contributed by atoms with Gasteiger partial charge in [-0.2, -0.15) is 0 Å². The molecule has 2 aromatic carbocycles. The number of benzene rings is 2. The molecule has 0 saturated carbocycles. The average molecular weight is 369 g/mol. The van der Waals surface area contributed by atoms with Crippen LogP contribution in [0.4, 0.5) is 0 Å². The first kappa shape index (κ1) is 20.5. The van der Waals surface area contributed by atoms with E-state index in [1.165, 1.54) is 0 Å². The Bertz CT molecular complexity index is 745. The summed E-state index contributed by atoms with van der Waals surface area (Å²) >= 11 is 0.